The quantitative estimate of drug-likeness (QED) is 0.494. The molecular weight excluding hydrogens is 376 g/mol. The van der Waals surface area contributed by atoms with Crippen LogP contribution in [-0.4, -0.2) is 34.2 Å². The van der Waals surface area contributed by atoms with Crippen LogP contribution in [0.5, 0.6) is 0 Å². The Morgan fingerprint density at radius 3 is 2.70 bits per heavy atom. The number of amides is 1. The van der Waals surface area contributed by atoms with E-state index in [0.29, 0.717) is 0 Å². The third-order valence-electron chi connectivity index (χ3n) is 4.74. The van der Waals surface area contributed by atoms with Crippen molar-refractivity contribution in [2.45, 2.75) is 36.5 Å². The van der Waals surface area contributed by atoms with Gasteiger partial charge >= 0.3 is 0 Å². The molecule has 7 heteroatoms. The SMILES string of the molecule is CC(Sc1ncnc2sccc12)C(=O)Nc1ccc(N2CCCCC2)cc1. The molecule has 0 saturated carbocycles. The third kappa shape index (κ3) is 4.25. The fraction of sp³-hybridized carbons (Fsp3) is 0.350. The Bertz CT molecular complexity index is 919. The second-order valence-corrected chi connectivity index (χ2v) is 8.89. The number of piperidine rings is 1. The molecule has 3 aromatic rings. The number of nitrogens with one attached hydrogen (secondary N) is 1. The van der Waals surface area contributed by atoms with Crippen LogP contribution < -0.4 is 10.2 Å². The van der Waals surface area contributed by atoms with Crippen LogP contribution in [0.4, 0.5) is 11.4 Å². The maximum atomic E-state index is 12.6. The summed E-state index contributed by atoms with van der Waals surface area (Å²) in [6, 6.07) is 10.2. The number of thiophene rings is 1. The summed E-state index contributed by atoms with van der Waals surface area (Å²) in [6.07, 6.45) is 5.40. The van der Waals surface area contributed by atoms with Crippen molar-refractivity contribution >= 4 is 50.6 Å². The molecule has 140 valence electrons. The van der Waals surface area contributed by atoms with Crippen molar-refractivity contribution in [1.29, 1.82) is 0 Å². The van der Waals surface area contributed by atoms with Crippen LogP contribution in [0.25, 0.3) is 10.2 Å². The van der Waals surface area contributed by atoms with Gasteiger partial charge in [-0.05, 0) is 61.9 Å². The average molecular weight is 399 g/mol. The fourth-order valence-corrected chi connectivity index (χ4v) is 4.93. The van der Waals surface area contributed by atoms with Crippen LogP contribution >= 0.6 is 23.1 Å². The number of hydrogen-bond acceptors (Lipinski definition) is 6. The molecule has 5 nitrogen and oxygen atoms in total. The molecule has 1 aromatic carbocycles. The third-order valence-corrected chi connectivity index (χ3v) is 6.68. The van der Waals surface area contributed by atoms with Gasteiger partial charge in [-0.1, -0.05) is 11.8 Å². The minimum atomic E-state index is -0.246. The van der Waals surface area contributed by atoms with E-state index in [9.17, 15) is 4.79 Å². The Hall–Kier alpha value is -2.12. The second kappa shape index (κ2) is 8.27. The van der Waals surface area contributed by atoms with Gasteiger partial charge in [-0.3, -0.25) is 4.79 Å². The van der Waals surface area contributed by atoms with Gasteiger partial charge in [-0.25, -0.2) is 9.97 Å². The van der Waals surface area contributed by atoms with E-state index in [1.54, 1.807) is 17.7 Å². The zero-order chi connectivity index (χ0) is 18.6. The molecule has 0 bridgehead atoms. The number of aromatic nitrogens is 2. The van der Waals surface area contributed by atoms with E-state index in [1.165, 1.54) is 36.7 Å². The molecular formula is C20H22N4OS2. The molecule has 1 aliphatic heterocycles. The van der Waals surface area contributed by atoms with Gasteiger partial charge in [0.25, 0.3) is 0 Å². The summed E-state index contributed by atoms with van der Waals surface area (Å²) in [5, 5.41) is 6.63. The normalized spacial score (nSPS) is 15.7. The van der Waals surface area contributed by atoms with Crippen LogP contribution in [0.15, 0.2) is 47.1 Å². The number of rotatable bonds is 5. The molecule has 1 unspecified atom stereocenters. The monoisotopic (exact) mass is 398 g/mol. The summed E-state index contributed by atoms with van der Waals surface area (Å²) < 4.78 is 0. The maximum Gasteiger partial charge on any atom is 0.237 e. The summed E-state index contributed by atoms with van der Waals surface area (Å²) in [5.74, 6) is -0.0206. The number of thioether (sulfide) groups is 1. The predicted octanol–water partition coefficient (Wildman–Crippen LogP) is 4.80. The number of fused-ring (bicyclic) bond motifs is 1. The molecule has 0 spiro atoms. The highest BCUT2D eigenvalue weighted by Gasteiger charge is 2.18. The Balaban J connectivity index is 1.38. The lowest BCUT2D eigenvalue weighted by Crippen LogP contribution is -2.29. The minimum Gasteiger partial charge on any atom is -0.372 e. The van der Waals surface area contributed by atoms with Crippen LogP contribution in [0.1, 0.15) is 26.2 Å². The van der Waals surface area contributed by atoms with Crippen LogP contribution in [0, 0.1) is 0 Å². The lowest BCUT2D eigenvalue weighted by Gasteiger charge is -2.28. The first-order valence-electron chi connectivity index (χ1n) is 9.21. The highest BCUT2D eigenvalue weighted by atomic mass is 32.2. The van der Waals surface area contributed by atoms with Crippen molar-refractivity contribution in [2.24, 2.45) is 0 Å². The number of hydrogen-bond donors (Lipinski definition) is 1. The van der Waals surface area contributed by atoms with Crippen molar-refractivity contribution in [3.8, 4) is 0 Å². The predicted molar refractivity (Wildman–Crippen MR) is 114 cm³/mol. The maximum absolute atomic E-state index is 12.6. The molecule has 0 radical (unpaired) electrons. The smallest absolute Gasteiger partial charge is 0.237 e. The Labute approximate surface area is 167 Å². The molecule has 0 aliphatic carbocycles. The molecule has 1 amide bonds. The summed E-state index contributed by atoms with van der Waals surface area (Å²) in [6.45, 7) is 4.15. The highest BCUT2D eigenvalue weighted by molar-refractivity contribution is 8.00. The molecule has 1 atom stereocenters. The molecule has 1 N–H and O–H groups in total. The number of carbonyl (C=O) groups is 1. The van der Waals surface area contributed by atoms with Crippen molar-refractivity contribution < 1.29 is 4.79 Å². The number of benzene rings is 1. The van der Waals surface area contributed by atoms with Gasteiger partial charge in [0.1, 0.15) is 16.2 Å². The Kier molecular flexibility index (Phi) is 5.59. The van der Waals surface area contributed by atoms with E-state index in [-0.39, 0.29) is 11.2 Å². The van der Waals surface area contributed by atoms with Gasteiger partial charge in [0.15, 0.2) is 0 Å². The van der Waals surface area contributed by atoms with E-state index in [0.717, 1.165) is 34.0 Å². The molecule has 4 rings (SSSR count). The van der Waals surface area contributed by atoms with Gasteiger partial charge in [-0.2, -0.15) is 0 Å². The van der Waals surface area contributed by atoms with Gasteiger partial charge in [0, 0.05) is 29.9 Å². The first-order valence-corrected chi connectivity index (χ1v) is 11.0. The average Bonchev–Trinajstić information content (AvgIpc) is 3.19. The summed E-state index contributed by atoms with van der Waals surface area (Å²) >= 11 is 3.05. The van der Waals surface area contributed by atoms with E-state index in [1.807, 2.05) is 30.5 Å². The Morgan fingerprint density at radius 2 is 1.93 bits per heavy atom. The van der Waals surface area contributed by atoms with E-state index >= 15 is 0 Å². The van der Waals surface area contributed by atoms with Gasteiger partial charge in [0.05, 0.1) is 5.25 Å². The number of carbonyl (C=O) groups excluding carboxylic acids is 1. The van der Waals surface area contributed by atoms with Gasteiger partial charge < -0.3 is 10.2 Å². The zero-order valence-electron chi connectivity index (χ0n) is 15.2. The first kappa shape index (κ1) is 18.3. The van der Waals surface area contributed by atoms with Crippen molar-refractivity contribution in [2.75, 3.05) is 23.3 Å². The number of anilines is 2. The highest BCUT2D eigenvalue weighted by Crippen LogP contribution is 2.31. The minimum absolute atomic E-state index is 0.0206. The molecule has 2 aromatic heterocycles. The zero-order valence-corrected chi connectivity index (χ0v) is 16.9. The summed E-state index contributed by atoms with van der Waals surface area (Å²) in [7, 11) is 0. The molecule has 27 heavy (non-hydrogen) atoms. The number of nitrogens with zero attached hydrogens (tertiary/aromatic N) is 3. The second-order valence-electron chi connectivity index (χ2n) is 6.66. The van der Waals surface area contributed by atoms with Crippen LogP contribution in [0.2, 0.25) is 0 Å². The van der Waals surface area contributed by atoms with E-state index in [4.69, 9.17) is 0 Å². The van der Waals surface area contributed by atoms with Crippen LogP contribution in [-0.2, 0) is 4.79 Å². The molecule has 1 aliphatic rings. The van der Waals surface area contributed by atoms with E-state index in [2.05, 4.69) is 32.3 Å². The first-order chi connectivity index (χ1) is 13.2. The lowest BCUT2D eigenvalue weighted by atomic mass is 10.1. The lowest BCUT2D eigenvalue weighted by molar-refractivity contribution is -0.115. The van der Waals surface area contributed by atoms with Gasteiger partial charge in [0.2, 0.25) is 5.91 Å². The molecule has 1 saturated heterocycles. The van der Waals surface area contributed by atoms with E-state index < -0.39 is 0 Å². The molecule has 3 heterocycles. The largest absolute Gasteiger partial charge is 0.372 e. The van der Waals surface area contributed by atoms with Crippen molar-refractivity contribution in [3.05, 3.63) is 42.0 Å². The van der Waals surface area contributed by atoms with Crippen LogP contribution in [0.3, 0.4) is 0 Å². The summed E-state index contributed by atoms with van der Waals surface area (Å²) in [4.78, 5) is 24.6. The Morgan fingerprint density at radius 1 is 1.15 bits per heavy atom. The van der Waals surface area contributed by atoms with Crippen molar-refractivity contribution in [1.82, 2.24) is 9.97 Å². The van der Waals surface area contributed by atoms with Gasteiger partial charge in [-0.15, -0.1) is 11.3 Å². The fourth-order valence-electron chi connectivity index (χ4n) is 3.23. The topological polar surface area (TPSA) is 58.1 Å². The summed E-state index contributed by atoms with van der Waals surface area (Å²) in [5.41, 5.74) is 2.06. The molecule has 1 fully saturated rings. The standard InChI is InChI=1S/C20H22N4OS2/c1-14(27-20-17-9-12-26-19(17)21-13-22-20)18(25)23-15-5-7-16(8-6-15)24-10-3-2-4-11-24/h5-9,12-14H,2-4,10-11H2,1H3,(H,23,25). The van der Waals surface area contributed by atoms with Crippen molar-refractivity contribution in [3.63, 3.8) is 0 Å².